The van der Waals surface area contributed by atoms with Crippen LogP contribution in [0.1, 0.15) is 40.9 Å². The SMILES string of the molecule is CCc1[nH]nc(C(=O)NCCCc2ccco2)c1C. The van der Waals surface area contributed by atoms with E-state index < -0.39 is 0 Å². The van der Waals surface area contributed by atoms with Crippen LogP contribution in [0.25, 0.3) is 0 Å². The highest BCUT2D eigenvalue weighted by Crippen LogP contribution is 2.10. The third kappa shape index (κ3) is 3.24. The quantitative estimate of drug-likeness (QED) is 0.783. The van der Waals surface area contributed by atoms with E-state index >= 15 is 0 Å². The number of amides is 1. The van der Waals surface area contributed by atoms with Crippen molar-refractivity contribution in [1.82, 2.24) is 15.5 Å². The van der Waals surface area contributed by atoms with Gasteiger partial charge in [0.1, 0.15) is 5.76 Å². The van der Waals surface area contributed by atoms with Gasteiger partial charge in [-0.1, -0.05) is 6.92 Å². The van der Waals surface area contributed by atoms with Crippen molar-refractivity contribution in [2.75, 3.05) is 6.54 Å². The predicted octanol–water partition coefficient (Wildman–Crippen LogP) is 2.24. The fraction of sp³-hybridized carbons (Fsp3) is 0.429. The average molecular weight is 261 g/mol. The third-order valence-corrected chi connectivity index (χ3v) is 3.14. The summed E-state index contributed by atoms with van der Waals surface area (Å²) in [6.45, 7) is 4.57. The Labute approximate surface area is 112 Å². The molecule has 19 heavy (non-hydrogen) atoms. The van der Waals surface area contributed by atoms with Gasteiger partial charge in [0, 0.05) is 24.2 Å². The fourth-order valence-corrected chi connectivity index (χ4v) is 2.00. The van der Waals surface area contributed by atoms with Gasteiger partial charge in [-0.05, 0) is 31.9 Å². The zero-order valence-corrected chi connectivity index (χ0v) is 11.3. The minimum absolute atomic E-state index is 0.118. The molecule has 0 saturated heterocycles. The minimum atomic E-state index is -0.118. The van der Waals surface area contributed by atoms with Crippen molar-refractivity contribution < 1.29 is 9.21 Å². The summed E-state index contributed by atoms with van der Waals surface area (Å²) in [4.78, 5) is 11.9. The molecule has 0 aromatic carbocycles. The third-order valence-electron chi connectivity index (χ3n) is 3.14. The molecule has 2 aromatic rings. The summed E-state index contributed by atoms with van der Waals surface area (Å²) in [7, 11) is 0. The molecule has 0 atom stereocenters. The van der Waals surface area contributed by atoms with E-state index in [1.807, 2.05) is 26.0 Å². The standard InChI is InChI=1S/C14H19N3O2/c1-3-12-10(2)13(17-16-12)14(18)15-8-4-6-11-7-5-9-19-11/h5,7,9H,3-4,6,8H2,1-2H3,(H,15,18)(H,16,17). The maximum atomic E-state index is 11.9. The molecule has 2 heterocycles. The number of rotatable bonds is 6. The maximum Gasteiger partial charge on any atom is 0.272 e. The van der Waals surface area contributed by atoms with Gasteiger partial charge in [0.05, 0.1) is 6.26 Å². The van der Waals surface area contributed by atoms with E-state index in [4.69, 9.17) is 4.42 Å². The van der Waals surface area contributed by atoms with Crippen molar-refractivity contribution in [3.8, 4) is 0 Å². The average Bonchev–Trinajstić information content (AvgIpc) is 3.03. The van der Waals surface area contributed by atoms with Crippen LogP contribution in [-0.4, -0.2) is 22.6 Å². The highest BCUT2D eigenvalue weighted by Gasteiger charge is 2.14. The van der Waals surface area contributed by atoms with Gasteiger partial charge in [-0.15, -0.1) is 0 Å². The minimum Gasteiger partial charge on any atom is -0.469 e. The molecule has 2 N–H and O–H groups in total. The van der Waals surface area contributed by atoms with Crippen LogP contribution in [0.15, 0.2) is 22.8 Å². The van der Waals surface area contributed by atoms with Gasteiger partial charge in [0.25, 0.3) is 5.91 Å². The van der Waals surface area contributed by atoms with E-state index in [2.05, 4.69) is 15.5 Å². The number of carbonyl (C=O) groups is 1. The number of nitrogens with one attached hydrogen (secondary N) is 2. The van der Waals surface area contributed by atoms with Gasteiger partial charge in [0.2, 0.25) is 0 Å². The fourth-order valence-electron chi connectivity index (χ4n) is 2.00. The highest BCUT2D eigenvalue weighted by atomic mass is 16.3. The summed E-state index contributed by atoms with van der Waals surface area (Å²) in [5, 5.41) is 9.83. The largest absolute Gasteiger partial charge is 0.469 e. The van der Waals surface area contributed by atoms with Crippen LogP contribution in [0.5, 0.6) is 0 Å². The van der Waals surface area contributed by atoms with E-state index in [9.17, 15) is 4.79 Å². The molecule has 5 nitrogen and oxygen atoms in total. The second kappa shape index (κ2) is 6.22. The van der Waals surface area contributed by atoms with Gasteiger partial charge in [-0.25, -0.2) is 0 Å². The maximum absolute atomic E-state index is 11.9. The van der Waals surface area contributed by atoms with E-state index in [-0.39, 0.29) is 5.91 Å². The molecule has 0 aliphatic heterocycles. The number of nitrogens with zero attached hydrogens (tertiary/aromatic N) is 1. The van der Waals surface area contributed by atoms with Crippen LogP contribution in [0, 0.1) is 6.92 Å². The Morgan fingerprint density at radius 2 is 2.37 bits per heavy atom. The zero-order chi connectivity index (χ0) is 13.7. The van der Waals surface area contributed by atoms with Crippen LogP contribution in [-0.2, 0) is 12.8 Å². The Morgan fingerprint density at radius 3 is 3.00 bits per heavy atom. The number of furan rings is 1. The molecule has 2 rings (SSSR count). The summed E-state index contributed by atoms with van der Waals surface area (Å²) in [5.41, 5.74) is 2.45. The molecule has 2 aromatic heterocycles. The van der Waals surface area contributed by atoms with E-state index in [0.29, 0.717) is 12.2 Å². The molecule has 0 bridgehead atoms. The summed E-state index contributed by atoms with van der Waals surface area (Å²) < 4.78 is 5.23. The van der Waals surface area contributed by atoms with Gasteiger partial charge < -0.3 is 9.73 Å². The molecule has 0 radical (unpaired) electrons. The normalized spacial score (nSPS) is 10.6. The lowest BCUT2D eigenvalue weighted by Crippen LogP contribution is -2.25. The van der Waals surface area contributed by atoms with Gasteiger partial charge in [-0.3, -0.25) is 9.89 Å². The molecule has 0 aliphatic rings. The zero-order valence-electron chi connectivity index (χ0n) is 11.3. The van der Waals surface area contributed by atoms with Gasteiger partial charge in [-0.2, -0.15) is 5.10 Å². The smallest absolute Gasteiger partial charge is 0.272 e. The number of H-pyrrole nitrogens is 1. The van der Waals surface area contributed by atoms with Crippen molar-refractivity contribution in [2.45, 2.75) is 33.1 Å². The Balaban J connectivity index is 1.79. The molecule has 0 spiro atoms. The monoisotopic (exact) mass is 261 g/mol. The van der Waals surface area contributed by atoms with Gasteiger partial charge >= 0.3 is 0 Å². The Morgan fingerprint density at radius 1 is 1.53 bits per heavy atom. The van der Waals surface area contributed by atoms with Crippen molar-refractivity contribution in [3.05, 3.63) is 41.1 Å². The van der Waals surface area contributed by atoms with Crippen molar-refractivity contribution in [1.29, 1.82) is 0 Å². The van der Waals surface area contributed by atoms with Crippen molar-refractivity contribution in [3.63, 3.8) is 0 Å². The van der Waals surface area contributed by atoms with Crippen molar-refractivity contribution >= 4 is 5.91 Å². The second-order valence-electron chi connectivity index (χ2n) is 4.47. The second-order valence-corrected chi connectivity index (χ2v) is 4.47. The summed E-state index contributed by atoms with van der Waals surface area (Å²) in [6.07, 6.45) is 4.19. The Hall–Kier alpha value is -2.04. The summed E-state index contributed by atoms with van der Waals surface area (Å²) in [5.74, 6) is 0.825. The first-order valence-electron chi connectivity index (χ1n) is 6.56. The van der Waals surface area contributed by atoms with E-state index in [1.165, 1.54) is 0 Å². The first-order valence-corrected chi connectivity index (χ1v) is 6.56. The van der Waals surface area contributed by atoms with Crippen LogP contribution >= 0.6 is 0 Å². The summed E-state index contributed by atoms with van der Waals surface area (Å²) >= 11 is 0. The van der Waals surface area contributed by atoms with Gasteiger partial charge in [0.15, 0.2) is 5.69 Å². The molecule has 0 saturated carbocycles. The molecule has 0 aliphatic carbocycles. The number of hydrogen-bond donors (Lipinski definition) is 2. The molecule has 0 fully saturated rings. The Kier molecular flexibility index (Phi) is 4.39. The number of aromatic nitrogens is 2. The van der Waals surface area contributed by atoms with E-state index in [0.717, 1.165) is 36.3 Å². The number of hydrogen-bond acceptors (Lipinski definition) is 3. The molecule has 0 unspecified atom stereocenters. The lowest BCUT2D eigenvalue weighted by Gasteiger charge is -2.03. The lowest BCUT2D eigenvalue weighted by molar-refractivity contribution is 0.0947. The summed E-state index contributed by atoms with van der Waals surface area (Å²) in [6, 6.07) is 3.81. The Bertz CT molecular complexity index is 529. The number of aromatic amines is 1. The first kappa shape index (κ1) is 13.4. The predicted molar refractivity (Wildman–Crippen MR) is 72.1 cm³/mol. The lowest BCUT2D eigenvalue weighted by atomic mass is 10.1. The van der Waals surface area contributed by atoms with Crippen LogP contribution in [0.2, 0.25) is 0 Å². The number of aryl methyl sites for hydroxylation is 2. The van der Waals surface area contributed by atoms with Crippen molar-refractivity contribution in [2.24, 2.45) is 0 Å². The van der Waals surface area contributed by atoms with E-state index in [1.54, 1.807) is 6.26 Å². The van der Waals surface area contributed by atoms with Crippen LogP contribution in [0.3, 0.4) is 0 Å². The molecule has 5 heteroatoms. The first-order chi connectivity index (χ1) is 9.22. The molecular formula is C14H19N3O2. The van der Waals surface area contributed by atoms with Crippen LogP contribution < -0.4 is 5.32 Å². The van der Waals surface area contributed by atoms with Crippen LogP contribution in [0.4, 0.5) is 0 Å². The highest BCUT2D eigenvalue weighted by molar-refractivity contribution is 5.93. The molecule has 1 amide bonds. The topological polar surface area (TPSA) is 70.9 Å². The molecular weight excluding hydrogens is 242 g/mol. The molecule has 102 valence electrons. The number of carbonyl (C=O) groups excluding carboxylic acids is 1.